The van der Waals surface area contributed by atoms with Gasteiger partial charge in [0.2, 0.25) is 17.6 Å². The van der Waals surface area contributed by atoms with Gasteiger partial charge in [0.25, 0.3) is 0 Å². The molecule has 0 bridgehead atoms. The molecule has 1 N–H and O–H groups in total. The molecule has 0 atom stereocenters. The molecule has 0 radical (unpaired) electrons. The molecular formula is C17H15ClN4O2. The minimum atomic E-state index is -0.138. The van der Waals surface area contributed by atoms with E-state index in [4.69, 9.17) is 16.1 Å². The van der Waals surface area contributed by atoms with Crippen molar-refractivity contribution in [2.75, 3.05) is 5.32 Å². The first-order valence-corrected chi connectivity index (χ1v) is 7.78. The van der Waals surface area contributed by atoms with Gasteiger partial charge in [0, 0.05) is 41.5 Å². The molecule has 3 rings (SSSR count). The van der Waals surface area contributed by atoms with E-state index in [-0.39, 0.29) is 12.3 Å². The van der Waals surface area contributed by atoms with Gasteiger partial charge in [-0.05, 0) is 36.8 Å². The van der Waals surface area contributed by atoms with Gasteiger partial charge in [-0.2, -0.15) is 4.98 Å². The molecule has 0 unspecified atom stereocenters. The summed E-state index contributed by atoms with van der Waals surface area (Å²) in [6, 6.07) is 9.01. The van der Waals surface area contributed by atoms with Gasteiger partial charge in [-0.3, -0.25) is 9.78 Å². The number of nitrogens with zero attached hydrogens (tertiary/aromatic N) is 3. The number of aromatic nitrogens is 3. The molecule has 24 heavy (non-hydrogen) atoms. The van der Waals surface area contributed by atoms with Crippen LogP contribution in [0.25, 0.3) is 11.4 Å². The average Bonchev–Trinajstić information content (AvgIpc) is 3.06. The van der Waals surface area contributed by atoms with Crippen molar-refractivity contribution in [3.8, 4) is 11.4 Å². The summed E-state index contributed by atoms with van der Waals surface area (Å²) >= 11 is 5.94. The second-order valence-electron chi connectivity index (χ2n) is 5.26. The zero-order valence-electron chi connectivity index (χ0n) is 13.0. The van der Waals surface area contributed by atoms with Crippen molar-refractivity contribution in [2.24, 2.45) is 0 Å². The van der Waals surface area contributed by atoms with E-state index in [2.05, 4.69) is 20.4 Å². The van der Waals surface area contributed by atoms with Crippen molar-refractivity contribution in [1.29, 1.82) is 0 Å². The molecule has 1 amide bonds. The summed E-state index contributed by atoms with van der Waals surface area (Å²) in [6.45, 7) is 1.91. The third kappa shape index (κ3) is 3.97. The number of anilines is 1. The topological polar surface area (TPSA) is 80.9 Å². The van der Waals surface area contributed by atoms with Gasteiger partial charge in [-0.1, -0.05) is 22.8 Å². The van der Waals surface area contributed by atoms with Crippen LogP contribution >= 0.6 is 11.6 Å². The highest BCUT2D eigenvalue weighted by Gasteiger charge is 2.11. The van der Waals surface area contributed by atoms with Gasteiger partial charge < -0.3 is 9.84 Å². The molecule has 122 valence electrons. The van der Waals surface area contributed by atoms with Gasteiger partial charge in [0.05, 0.1) is 0 Å². The summed E-state index contributed by atoms with van der Waals surface area (Å²) in [5, 5.41) is 7.31. The molecule has 0 spiro atoms. The van der Waals surface area contributed by atoms with E-state index in [1.165, 1.54) is 0 Å². The summed E-state index contributed by atoms with van der Waals surface area (Å²) in [4.78, 5) is 20.4. The summed E-state index contributed by atoms with van der Waals surface area (Å²) in [5.41, 5.74) is 2.42. The smallest absolute Gasteiger partial charge is 0.227 e. The summed E-state index contributed by atoms with van der Waals surface area (Å²) < 4.78 is 5.17. The molecule has 6 nitrogen and oxygen atoms in total. The summed E-state index contributed by atoms with van der Waals surface area (Å²) in [7, 11) is 0. The van der Waals surface area contributed by atoms with E-state index < -0.39 is 0 Å². The van der Waals surface area contributed by atoms with Crippen molar-refractivity contribution in [3.63, 3.8) is 0 Å². The fourth-order valence-electron chi connectivity index (χ4n) is 2.13. The highest BCUT2D eigenvalue weighted by Crippen LogP contribution is 2.20. The number of amides is 1. The number of pyridine rings is 1. The van der Waals surface area contributed by atoms with Gasteiger partial charge in [0.1, 0.15) is 0 Å². The van der Waals surface area contributed by atoms with Crippen LogP contribution in [0.2, 0.25) is 5.02 Å². The third-order valence-electron chi connectivity index (χ3n) is 3.43. The van der Waals surface area contributed by atoms with Gasteiger partial charge in [0.15, 0.2) is 0 Å². The van der Waals surface area contributed by atoms with E-state index in [9.17, 15) is 4.79 Å². The third-order valence-corrected chi connectivity index (χ3v) is 3.66. The Morgan fingerprint density at radius 3 is 3.00 bits per heavy atom. The van der Waals surface area contributed by atoms with E-state index in [0.717, 1.165) is 11.1 Å². The lowest BCUT2D eigenvalue weighted by molar-refractivity contribution is -0.116. The Balaban J connectivity index is 1.59. The first kappa shape index (κ1) is 16.1. The molecule has 0 saturated carbocycles. The predicted octanol–water partition coefficient (Wildman–Crippen LogP) is 3.66. The molecule has 1 aromatic carbocycles. The second-order valence-corrected chi connectivity index (χ2v) is 5.70. The van der Waals surface area contributed by atoms with Crippen LogP contribution in [0.4, 0.5) is 5.69 Å². The van der Waals surface area contributed by atoms with Gasteiger partial charge >= 0.3 is 0 Å². The van der Waals surface area contributed by atoms with Crippen molar-refractivity contribution in [2.45, 2.75) is 19.8 Å². The first-order valence-electron chi connectivity index (χ1n) is 7.41. The fraction of sp³-hybridized carbons (Fsp3) is 0.176. The minimum absolute atomic E-state index is 0.138. The number of rotatable bonds is 5. The minimum Gasteiger partial charge on any atom is -0.339 e. The van der Waals surface area contributed by atoms with Crippen LogP contribution in [-0.4, -0.2) is 21.0 Å². The Morgan fingerprint density at radius 1 is 1.33 bits per heavy atom. The molecule has 2 heterocycles. The Hall–Kier alpha value is -2.73. The highest BCUT2D eigenvalue weighted by molar-refractivity contribution is 6.31. The lowest BCUT2D eigenvalue weighted by Gasteiger charge is -2.08. The normalized spacial score (nSPS) is 10.6. The van der Waals surface area contributed by atoms with E-state index >= 15 is 0 Å². The first-order chi connectivity index (χ1) is 11.6. The molecule has 2 aromatic heterocycles. The lowest BCUT2D eigenvalue weighted by atomic mass is 10.2. The zero-order valence-corrected chi connectivity index (χ0v) is 13.7. The Labute approximate surface area is 143 Å². The van der Waals surface area contributed by atoms with Crippen molar-refractivity contribution >= 4 is 23.2 Å². The molecule has 0 aliphatic heterocycles. The lowest BCUT2D eigenvalue weighted by Crippen LogP contribution is -2.13. The number of nitrogens with one attached hydrogen (secondary N) is 1. The Bertz CT molecular complexity index is 849. The van der Waals surface area contributed by atoms with Crippen LogP contribution in [-0.2, 0) is 11.2 Å². The van der Waals surface area contributed by atoms with Crippen LogP contribution < -0.4 is 5.32 Å². The van der Waals surface area contributed by atoms with E-state index in [1.807, 2.05) is 19.1 Å². The van der Waals surface area contributed by atoms with Crippen LogP contribution in [0.15, 0.2) is 47.2 Å². The van der Waals surface area contributed by atoms with Crippen LogP contribution in [0, 0.1) is 6.92 Å². The highest BCUT2D eigenvalue weighted by atomic mass is 35.5. The zero-order chi connectivity index (χ0) is 16.9. The summed E-state index contributed by atoms with van der Waals surface area (Å²) in [5.74, 6) is 0.734. The maximum atomic E-state index is 12.1. The number of halogens is 1. The maximum absolute atomic E-state index is 12.1. The Morgan fingerprint density at radius 2 is 2.21 bits per heavy atom. The number of hydrogen-bond acceptors (Lipinski definition) is 5. The van der Waals surface area contributed by atoms with Gasteiger partial charge in [-0.25, -0.2) is 0 Å². The number of carbonyl (C=O) groups is 1. The molecule has 0 fully saturated rings. The number of hydrogen-bond donors (Lipinski definition) is 1. The molecule has 0 aliphatic rings. The SMILES string of the molecule is Cc1ccc(Cl)cc1NC(=O)CCc1nc(-c2cccnc2)no1. The van der Waals surface area contributed by atoms with Crippen LogP contribution in [0.3, 0.4) is 0 Å². The molecule has 0 saturated heterocycles. The molecule has 7 heteroatoms. The van der Waals surface area contributed by atoms with E-state index in [0.29, 0.717) is 28.8 Å². The molecule has 0 aliphatic carbocycles. The van der Waals surface area contributed by atoms with Crippen molar-refractivity contribution in [3.05, 3.63) is 59.2 Å². The standard InChI is InChI=1S/C17H15ClN4O2/c1-11-4-5-13(18)9-14(11)20-15(23)6-7-16-21-17(22-24-16)12-3-2-8-19-10-12/h2-5,8-10H,6-7H2,1H3,(H,20,23). The van der Waals surface area contributed by atoms with Crippen molar-refractivity contribution in [1.82, 2.24) is 15.1 Å². The monoisotopic (exact) mass is 342 g/mol. The molecular weight excluding hydrogens is 328 g/mol. The quantitative estimate of drug-likeness (QED) is 0.765. The van der Waals surface area contributed by atoms with Crippen LogP contribution in [0.5, 0.6) is 0 Å². The fourth-order valence-corrected chi connectivity index (χ4v) is 2.30. The van der Waals surface area contributed by atoms with Crippen molar-refractivity contribution < 1.29 is 9.32 Å². The molecule has 3 aromatic rings. The number of carbonyl (C=O) groups excluding carboxylic acids is 1. The number of aryl methyl sites for hydroxylation is 2. The maximum Gasteiger partial charge on any atom is 0.227 e. The number of benzene rings is 1. The average molecular weight is 343 g/mol. The van der Waals surface area contributed by atoms with Gasteiger partial charge in [-0.15, -0.1) is 0 Å². The largest absolute Gasteiger partial charge is 0.339 e. The van der Waals surface area contributed by atoms with Crippen LogP contribution in [0.1, 0.15) is 17.9 Å². The second kappa shape index (κ2) is 7.23. The van der Waals surface area contributed by atoms with E-state index in [1.54, 1.807) is 30.6 Å². The Kier molecular flexibility index (Phi) is 4.86. The predicted molar refractivity (Wildman–Crippen MR) is 90.7 cm³/mol. The summed E-state index contributed by atoms with van der Waals surface area (Å²) in [6.07, 6.45) is 3.93.